The van der Waals surface area contributed by atoms with Crippen molar-refractivity contribution in [3.05, 3.63) is 72.3 Å². The van der Waals surface area contributed by atoms with Gasteiger partial charge in [-0.15, -0.1) is 0 Å². The highest BCUT2D eigenvalue weighted by molar-refractivity contribution is 5.93. The molecule has 0 aromatic heterocycles. The van der Waals surface area contributed by atoms with Gasteiger partial charge in [0.05, 0.1) is 31.5 Å². The quantitative estimate of drug-likeness (QED) is 0.654. The van der Waals surface area contributed by atoms with Crippen molar-refractivity contribution in [2.75, 3.05) is 26.1 Å². The number of nitrogens with zero attached hydrogens (tertiary/aromatic N) is 1. The highest BCUT2D eigenvalue weighted by Gasteiger charge is 2.10. The normalized spacial score (nSPS) is 9.97. The summed E-state index contributed by atoms with van der Waals surface area (Å²) >= 11 is 0. The summed E-state index contributed by atoms with van der Waals surface area (Å²) in [4.78, 5) is 12.2. The van der Waals surface area contributed by atoms with E-state index in [2.05, 4.69) is 11.4 Å². The van der Waals surface area contributed by atoms with Gasteiger partial charge in [0.1, 0.15) is 17.2 Å². The van der Waals surface area contributed by atoms with Gasteiger partial charge >= 0.3 is 0 Å². The molecule has 0 aliphatic rings. The Kier molecular flexibility index (Phi) is 6.33. The summed E-state index contributed by atoms with van der Waals surface area (Å²) in [6.45, 7) is -0.134. The van der Waals surface area contributed by atoms with E-state index in [0.29, 0.717) is 28.5 Å². The van der Waals surface area contributed by atoms with Crippen LogP contribution in [0.1, 0.15) is 5.56 Å². The second-order valence-corrected chi connectivity index (χ2v) is 6.12. The van der Waals surface area contributed by atoms with Crippen molar-refractivity contribution >= 4 is 11.6 Å². The largest absolute Gasteiger partial charge is 0.497 e. The first-order valence-corrected chi connectivity index (χ1v) is 8.88. The Morgan fingerprint density at radius 3 is 2.10 bits per heavy atom. The molecule has 0 fully saturated rings. The van der Waals surface area contributed by atoms with Crippen molar-refractivity contribution in [1.29, 1.82) is 5.26 Å². The molecule has 0 aliphatic carbocycles. The highest BCUT2D eigenvalue weighted by Crippen LogP contribution is 2.29. The second-order valence-electron chi connectivity index (χ2n) is 6.12. The van der Waals surface area contributed by atoms with Crippen molar-refractivity contribution in [1.82, 2.24) is 0 Å². The number of hydrogen-bond acceptors (Lipinski definition) is 5. The second kappa shape index (κ2) is 9.29. The lowest BCUT2D eigenvalue weighted by Crippen LogP contribution is -2.20. The fourth-order valence-electron chi connectivity index (χ4n) is 2.72. The molecular formula is C23H20N2O4. The Labute approximate surface area is 169 Å². The molecule has 0 bridgehead atoms. The van der Waals surface area contributed by atoms with E-state index in [4.69, 9.17) is 19.5 Å². The number of anilines is 1. The van der Waals surface area contributed by atoms with E-state index in [1.807, 2.05) is 24.3 Å². The van der Waals surface area contributed by atoms with Gasteiger partial charge in [-0.1, -0.05) is 24.3 Å². The summed E-state index contributed by atoms with van der Waals surface area (Å²) < 4.78 is 16.0. The summed E-state index contributed by atoms with van der Waals surface area (Å²) in [5, 5.41) is 11.6. The third-order valence-corrected chi connectivity index (χ3v) is 4.25. The number of nitriles is 1. The number of amides is 1. The lowest BCUT2D eigenvalue weighted by atomic mass is 10.0. The molecule has 0 aliphatic heterocycles. The molecule has 146 valence electrons. The summed E-state index contributed by atoms with van der Waals surface area (Å²) in [5.41, 5.74) is 3.15. The molecule has 1 N–H and O–H groups in total. The topological polar surface area (TPSA) is 80.6 Å². The van der Waals surface area contributed by atoms with Crippen LogP contribution in [0, 0.1) is 11.3 Å². The molecule has 0 saturated carbocycles. The van der Waals surface area contributed by atoms with Gasteiger partial charge in [0.2, 0.25) is 0 Å². The Balaban J connectivity index is 1.58. The number of carbonyl (C=O) groups excluding carboxylic acids is 1. The van der Waals surface area contributed by atoms with E-state index >= 15 is 0 Å². The van der Waals surface area contributed by atoms with E-state index in [9.17, 15) is 4.79 Å². The van der Waals surface area contributed by atoms with Crippen LogP contribution in [-0.4, -0.2) is 26.7 Å². The van der Waals surface area contributed by atoms with E-state index in [-0.39, 0.29) is 12.5 Å². The number of carbonyl (C=O) groups is 1. The minimum atomic E-state index is -0.301. The predicted molar refractivity (Wildman–Crippen MR) is 110 cm³/mol. The highest BCUT2D eigenvalue weighted by atomic mass is 16.5. The first-order valence-electron chi connectivity index (χ1n) is 8.88. The molecular weight excluding hydrogens is 368 g/mol. The van der Waals surface area contributed by atoms with Crippen LogP contribution in [-0.2, 0) is 4.79 Å². The van der Waals surface area contributed by atoms with Crippen LogP contribution in [0.2, 0.25) is 0 Å². The molecule has 6 heteroatoms. The molecule has 0 unspecified atom stereocenters. The maximum atomic E-state index is 12.2. The smallest absolute Gasteiger partial charge is 0.262 e. The molecule has 0 spiro atoms. The summed E-state index contributed by atoms with van der Waals surface area (Å²) in [5.74, 6) is 1.42. The van der Waals surface area contributed by atoms with Crippen LogP contribution >= 0.6 is 0 Å². The van der Waals surface area contributed by atoms with Gasteiger partial charge in [0.15, 0.2) is 6.61 Å². The molecule has 0 saturated heterocycles. The average molecular weight is 388 g/mol. The molecule has 0 atom stereocenters. The van der Waals surface area contributed by atoms with Crippen molar-refractivity contribution in [2.45, 2.75) is 0 Å². The molecule has 1 amide bonds. The van der Waals surface area contributed by atoms with Gasteiger partial charge in [-0.25, -0.2) is 0 Å². The van der Waals surface area contributed by atoms with Crippen LogP contribution < -0.4 is 19.5 Å². The maximum Gasteiger partial charge on any atom is 0.262 e. The fraction of sp³-hybridized carbons (Fsp3) is 0.130. The third kappa shape index (κ3) is 5.05. The average Bonchev–Trinajstić information content (AvgIpc) is 2.78. The zero-order valence-corrected chi connectivity index (χ0v) is 16.1. The van der Waals surface area contributed by atoms with Gasteiger partial charge in [-0.05, 0) is 47.5 Å². The van der Waals surface area contributed by atoms with Gasteiger partial charge in [-0.3, -0.25) is 4.79 Å². The first kappa shape index (κ1) is 19.8. The molecule has 3 aromatic carbocycles. The van der Waals surface area contributed by atoms with E-state index in [1.165, 1.54) is 7.11 Å². The number of hydrogen-bond donors (Lipinski definition) is 1. The van der Waals surface area contributed by atoms with E-state index in [0.717, 1.165) is 11.1 Å². The minimum absolute atomic E-state index is 0.134. The third-order valence-electron chi connectivity index (χ3n) is 4.25. The van der Waals surface area contributed by atoms with Gasteiger partial charge in [0, 0.05) is 6.07 Å². The maximum absolute atomic E-state index is 12.2. The molecule has 3 rings (SSSR count). The molecule has 6 nitrogen and oxygen atoms in total. The van der Waals surface area contributed by atoms with Crippen LogP contribution in [0.3, 0.4) is 0 Å². The van der Waals surface area contributed by atoms with Crippen molar-refractivity contribution in [3.63, 3.8) is 0 Å². The number of benzene rings is 3. The lowest BCUT2D eigenvalue weighted by Gasteiger charge is -2.12. The van der Waals surface area contributed by atoms with Crippen LogP contribution in [0.5, 0.6) is 17.2 Å². The minimum Gasteiger partial charge on any atom is -0.497 e. The number of nitrogens with one attached hydrogen (secondary N) is 1. The lowest BCUT2D eigenvalue weighted by molar-refractivity contribution is -0.118. The van der Waals surface area contributed by atoms with E-state index in [1.54, 1.807) is 49.6 Å². The molecule has 29 heavy (non-hydrogen) atoms. The molecule has 0 heterocycles. The first-order chi connectivity index (χ1) is 14.1. The van der Waals surface area contributed by atoms with Crippen molar-refractivity contribution in [3.8, 4) is 34.4 Å². The van der Waals surface area contributed by atoms with Crippen LogP contribution in [0.4, 0.5) is 5.69 Å². The SMILES string of the molecule is COc1ccc(NC(=O)COc2ccc(-c3ccc(C#N)cc3)cc2)c(OC)c1. The van der Waals surface area contributed by atoms with E-state index < -0.39 is 0 Å². The Bertz CT molecular complexity index is 1020. The number of methoxy groups -OCH3 is 2. The number of rotatable bonds is 7. The molecule has 0 radical (unpaired) electrons. The summed E-state index contributed by atoms with van der Waals surface area (Å²) in [6.07, 6.45) is 0. The van der Waals surface area contributed by atoms with Crippen LogP contribution in [0.15, 0.2) is 66.7 Å². The summed E-state index contributed by atoms with van der Waals surface area (Å²) in [6, 6.07) is 22.0. The molecule has 3 aromatic rings. The van der Waals surface area contributed by atoms with Gasteiger partial charge in [-0.2, -0.15) is 5.26 Å². The predicted octanol–water partition coefficient (Wildman–Crippen LogP) is 4.26. The Hall–Kier alpha value is -3.98. The zero-order chi connectivity index (χ0) is 20.6. The van der Waals surface area contributed by atoms with Crippen molar-refractivity contribution < 1.29 is 19.0 Å². The van der Waals surface area contributed by atoms with Crippen molar-refractivity contribution in [2.24, 2.45) is 0 Å². The van der Waals surface area contributed by atoms with Gasteiger partial charge in [0.25, 0.3) is 5.91 Å². The number of ether oxygens (including phenoxy) is 3. The monoisotopic (exact) mass is 388 g/mol. The van der Waals surface area contributed by atoms with Crippen LogP contribution in [0.25, 0.3) is 11.1 Å². The standard InChI is InChI=1S/C23H20N2O4/c1-27-20-11-12-21(22(13-20)28-2)25-23(26)15-29-19-9-7-18(8-10-19)17-5-3-16(14-24)4-6-17/h3-13H,15H2,1-2H3,(H,25,26). The summed E-state index contributed by atoms with van der Waals surface area (Å²) in [7, 11) is 3.09. The Morgan fingerprint density at radius 2 is 1.52 bits per heavy atom. The Morgan fingerprint density at radius 1 is 0.897 bits per heavy atom. The fourth-order valence-corrected chi connectivity index (χ4v) is 2.72. The zero-order valence-electron chi connectivity index (χ0n) is 16.1. The van der Waals surface area contributed by atoms with Gasteiger partial charge < -0.3 is 19.5 Å².